The van der Waals surface area contributed by atoms with Crippen LogP contribution in [-0.2, 0) is 83.5 Å². The summed E-state index contributed by atoms with van der Waals surface area (Å²) in [5.41, 5.74) is 15.0. The number of nitrogens with two attached hydrogens (primary N) is 2. The number of carboxylic acids is 1. The number of aromatic nitrogens is 3. The number of carbonyl (C=O) groups excluding carboxylic acids is 10. The zero-order valence-corrected chi connectivity index (χ0v) is 58.5. The van der Waals surface area contributed by atoms with Gasteiger partial charge in [-0.05, 0) is 160 Å². The largest absolute Gasteiger partial charge is 0.508 e. The van der Waals surface area contributed by atoms with Crippen LogP contribution in [0.15, 0.2) is 79.4 Å². The topological polar surface area (TPSA) is 421 Å². The molecule has 0 radical (unpaired) electrons. The fourth-order valence-electron chi connectivity index (χ4n) is 14.2. The summed E-state index contributed by atoms with van der Waals surface area (Å²) < 4.78 is 35.8. The number of Topliss-reactive ketones (excluding diaryl/α,β-unsaturated/α-hetero) is 1. The van der Waals surface area contributed by atoms with Gasteiger partial charge in [-0.3, -0.25) is 52.7 Å². The number of hydrogen-bond donors (Lipinski definition) is 13. The van der Waals surface area contributed by atoms with Crippen molar-refractivity contribution in [1.82, 2.24) is 57.1 Å². The zero-order valence-electron chi connectivity index (χ0n) is 56.8. The van der Waals surface area contributed by atoms with Crippen LogP contribution in [0.5, 0.6) is 11.5 Å². The number of nitrogens with zero attached hydrogens (tertiary/aromatic N) is 2. The standard InChI is InChI=1S/C71H91F2N13O14S2/c1-100-50-22-40-21-41(23-50)36-102-37-45(65(75)93)27-61(88)60-6-4-19-86(60)71(99)59(24-39-7-14-49(87)15-8-39)85-69(97)57(30-48-33-76-38-79-48)83-70(98)58(31-64(91)92)84-68(96)56(25-43-10-9-42-11-12-46(72)28-51(42)43)82-67(95)55(26-44-32-77-53-16-13-47(73)29-52(44)53)81-63(90)34-78-66(94)54(5-2-3-18-74)80-62(89)17-20-101-35-40/h7-8,13-16,21-23,29,32-33,38,42-43,45-46,51,54-60,77,87H,2-6,9-12,17-20,24-28,30-31,34-37,74H2,1H3,(H2,75,93)(H,76,79)(H,78,94)(H,80,89)(H,81,90)(H,82,95)(H,83,98)(H,84,96)(H,85,97)(H,91,92)/t42?,43?,45-,46?,51?,54-,55-,56-,57-,58-,59-,60-/m0/s1. The maximum atomic E-state index is 15.3. The Morgan fingerprint density at radius 2 is 1.42 bits per heavy atom. The van der Waals surface area contributed by atoms with Crippen LogP contribution in [0.2, 0.25) is 0 Å². The average molecular weight is 1450 g/mol. The number of halogens is 2. The summed E-state index contributed by atoms with van der Waals surface area (Å²) >= 11 is 2.81. The number of primary amides is 1. The van der Waals surface area contributed by atoms with Gasteiger partial charge in [0.2, 0.25) is 53.2 Å². The van der Waals surface area contributed by atoms with Gasteiger partial charge in [-0.15, -0.1) is 0 Å². The van der Waals surface area contributed by atoms with E-state index in [1.165, 1.54) is 96.7 Å². The molecule has 2 aliphatic carbocycles. The van der Waals surface area contributed by atoms with E-state index >= 15 is 23.6 Å². The number of carbonyl (C=O) groups is 11. The third kappa shape index (κ3) is 22.0. The summed E-state index contributed by atoms with van der Waals surface area (Å²) in [7, 11) is 1.52. The summed E-state index contributed by atoms with van der Waals surface area (Å²) in [4.78, 5) is 169. The van der Waals surface area contributed by atoms with Crippen LogP contribution in [0.3, 0.4) is 0 Å². The second kappa shape index (κ2) is 37.2. The lowest BCUT2D eigenvalue weighted by Gasteiger charge is -2.33. The van der Waals surface area contributed by atoms with Crippen LogP contribution in [-0.4, -0.2) is 182 Å². The maximum absolute atomic E-state index is 15.3. The SMILES string of the molecule is COc1cc2cc(c1)CSC[C@@H](C(N)=O)CC(=O)[C@@H]1CCCN1C(=O)[C@H](Cc1ccc(O)cc1)NC(=O)[C@H](Cc1cnc[nH]1)NC(=O)[C@H](CC(=O)O)NC(=O)[C@H](CC1CCC3CCC(F)CC31)NC(=O)[C@H](Cc1c[nH]c3ccc(F)cc13)NC(=O)CNC(=O)[C@H](CCCCN)NC(=O)CCSC2. The number of alkyl halides is 1. The van der Waals surface area contributed by atoms with Crippen LogP contribution in [0.4, 0.5) is 8.78 Å². The number of thioether (sulfide) groups is 2. The quantitative estimate of drug-likeness (QED) is 0.0628. The highest BCUT2D eigenvalue weighted by Crippen LogP contribution is 2.48. The van der Waals surface area contributed by atoms with Gasteiger partial charge in [-0.1, -0.05) is 18.2 Å². The number of H-pyrrole nitrogens is 2. The number of ketones is 1. The first-order valence-corrected chi connectivity index (χ1v) is 36.9. The number of benzene rings is 3. The molecule has 2 aromatic heterocycles. The molecule has 9 amide bonds. The number of amides is 9. The van der Waals surface area contributed by atoms with Crippen molar-refractivity contribution in [3.8, 4) is 11.5 Å². The molecule has 5 aromatic rings. The van der Waals surface area contributed by atoms with Gasteiger partial charge in [0.05, 0.1) is 38.4 Å². The lowest BCUT2D eigenvalue weighted by Crippen LogP contribution is -2.60. The number of nitrogens with one attached hydrogen (secondary N) is 9. The van der Waals surface area contributed by atoms with E-state index in [1.807, 2.05) is 18.2 Å². The van der Waals surface area contributed by atoms with Crippen LogP contribution in [0.1, 0.15) is 118 Å². The Bertz CT molecular complexity index is 3790. The molecule has 2 saturated carbocycles. The van der Waals surface area contributed by atoms with E-state index in [9.17, 15) is 48.2 Å². The number of hydrogen-bond acceptors (Lipinski definition) is 17. The minimum Gasteiger partial charge on any atom is -0.508 e. The smallest absolute Gasteiger partial charge is 0.305 e. The Morgan fingerprint density at radius 1 is 0.735 bits per heavy atom. The van der Waals surface area contributed by atoms with Gasteiger partial charge in [0.1, 0.15) is 59.7 Å². The monoisotopic (exact) mass is 1450 g/mol. The average Bonchev–Trinajstić information content (AvgIpc) is 1.63. The van der Waals surface area contributed by atoms with Gasteiger partial charge in [-0.25, -0.2) is 13.8 Å². The molecule has 12 atom stereocenters. The van der Waals surface area contributed by atoms with Crippen LogP contribution in [0, 0.1) is 29.5 Å². The van der Waals surface area contributed by atoms with Gasteiger partial charge in [0.25, 0.3) is 0 Å². The van der Waals surface area contributed by atoms with Gasteiger partial charge < -0.3 is 78.5 Å². The lowest BCUT2D eigenvalue weighted by molar-refractivity contribution is -0.142. The predicted octanol–water partition coefficient (Wildman–Crippen LogP) is 3.58. The van der Waals surface area contributed by atoms with Crippen molar-refractivity contribution in [2.24, 2.45) is 35.1 Å². The number of phenolic OH excluding ortho intramolecular Hbond substituents is 1. The first kappa shape index (κ1) is 77.1. The number of unbranched alkanes of at least 4 members (excludes halogenated alkanes) is 1. The highest BCUT2D eigenvalue weighted by atomic mass is 32.2. The van der Waals surface area contributed by atoms with Crippen molar-refractivity contribution in [1.29, 1.82) is 0 Å². The molecular weight excluding hydrogens is 1360 g/mol. The molecule has 2 bridgehead atoms. The molecule has 9 rings (SSSR count). The Balaban J connectivity index is 1.05. The van der Waals surface area contributed by atoms with E-state index in [2.05, 4.69) is 52.2 Å². The van der Waals surface area contributed by atoms with Gasteiger partial charge in [0, 0.05) is 90.7 Å². The molecule has 0 spiro atoms. The van der Waals surface area contributed by atoms with Crippen molar-refractivity contribution < 1.29 is 76.5 Å². The predicted molar refractivity (Wildman–Crippen MR) is 376 cm³/mol. The number of imidazole rings is 1. The fraction of sp³-hybridized carbons (Fsp3) is 0.521. The van der Waals surface area contributed by atoms with Gasteiger partial charge >= 0.3 is 5.97 Å². The number of methoxy groups -OCH3 is 1. The number of aromatic hydroxyl groups is 1. The number of phenols is 1. The molecule has 2 aliphatic heterocycles. The second-order valence-corrected chi connectivity index (χ2v) is 29.0. The molecule has 4 heterocycles. The molecule has 102 heavy (non-hydrogen) atoms. The van der Waals surface area contributed by atoms with E-state index in [0.717, 1.165) is 11.1 Å². The number of aliphatic carboxylic acids is 1. The molecule has 3 fully saturated rings. The zero-order chi connectivity index (χ0) is 73.0. The fourth-order valence-corrected chi connectivity index (χ4v) is 16.1. The van der Waals surface area contributed by atoms with Crippen LogP contribution >= 0.6 is 23.5 Å². The number of ether oxygens (including phenoxy) is 1. The van der Waals surface area contributed by atoms with Crippen LogP contribution in [0.25, 0.3) is 10.9 Å². The van der Waals surface area contributed by atoms with Crippen molar-refractivity contribution in [2.75, 3.05) is 38.2 Å². The van der Waals surface area contributed by atoms with Gasteiger partial charge in [0.15, 0.2) is 5.78 Å². The number of rotatable bonds is 16. The van der Waals surface area contributed by atoms with Crippen molar-refractivity contribution in [3.63, 3.8) is 0 Å². The first-order valence-electron chi connectivity index (χ1n) is 34.6. The van der Waals surface area contributed by atoms with E-state index in [1.54, 1.807) is 0 Å². The number of fused-ring (bicyclic) bond motifs is 5. The van der Waals surface area contributed by atoms with E-state index < -0.39 is 138 Å². The summed E-state index contributed by atoms with van der Waals surface area (Å²) in [5.74, 6) is -10.0. The summed E-state index contributed by atoms with van der Waals surface area (Å²) in [6.07, 6.45) is 4.67. The van der Waals surface area contributed by atoms with Crippen LogP contribution < -0.4 is 53.4 Å². The Kier molecular flexibility index (Phi) is 28.1. The Hall–Kier alpha value is -9.10. The normalized spacial score (nSPS) is 26.2. The molecule has 4 unspecified atom stereocenters. The molecular formula is C71H91F2N13O14S2. The summed E-state index contributed by atoms with van der Waals surface area (Å²) in [6, 6.07) is 4.98. The minimum absolute atomic E-state index is 0.00190. The molecule has 15 N–H and O–H groups in total. The Labute approximate surface area is 597 Å². The molecule has 550 valence electrons. The van der Waals surface area contributed by atoms with E-state index in [0.29, 0.717) is 102 Å². The number of carboxylic acid groups (broad SMARTS) is 1. The van der Waals surface area contributed by atoms with E-state index in [-0.39, 0.29) is 93.6 Å². The third-order valence-electron chi connectivity index (χ3n) is 19.5. The van der Waals surface area contributed by atoms with Crippen molar-refractivity contribution in [2.45, 2.75) is 169 Å². The third-order valence-corrected chi connectivity index (χ3v) is 21.7. The second-order valence-electron chi connectivity index (χ2n) is 26.8. The number of aromatic amines is 2. The van der Waals surface area contributed by atoms with E-state index in [4.69, 9.17) is 16.2 Å². The summed E-state index contributed by atoms with van der Waals surface area (Å²) in [5, 5.41) is 39.6. The molecule has 3 aromatic carbocycles. The highest BCUT2D eigenvalue weighted by molar-refractivity contribution is 7.98. The van der Waals surface area contributed by atoms with Crippen molar-refractivity contribution in [3.05, 3.63) is 113 Å². The highest BCUT2D eigenvalue weighted by Gasteiger charge is 2.44. The molecule has 27 nitrogen and oxygen atoms in total. The van der Waals surface area contributed by atoms with Crippen molar-refractivity contribution >= 4 is 99.3 Å². The first-order chi connectivity index (χ1) is 49.0. The molecule has 31 heteroatoms. The maximum Gasteiger partial charge on any atom is 0.305 e. The Morgan fingerprint density at radius 3 is 2.14 bits per heavy atom. The molecule has 4 aliphatic rings. The summed E-state index contributed by atoms with van der Waals surface area (Å²) in [6.45, 7) is -0.330. The lowest BCUT2D eigenvalue weighted by atomic mass is 9.75. The minimum atomic E-state index is -1.97. The molecule has 1 saturated heterocycles. The van der Waals surface area contributed by atoms with Gasteiger partial charge in [-0.2, -0.15) is 23.5 Å².